The van der Waals surface area contributed by atoms with Crippen molar-refractivity contribution in [3.05, 3.63) is 18.2 Å². The first-order valence-electron chi connectivity index (χ1n) is 5.29. The molecule has 1 amide bonds. The average molecular weight is 224 g/mol. The zero-order chi connectivity index (χ0) is 12.6. The van der Waals surface area contributed by atoms with Crippen LogP contribution in [0.1, 0.15) is 13.8 Å². The van der Waals surface area contributed by atoms with Gasteiger partial charge in [0.05, 0.1) is 0 Å². The molecular formula is C11H13NO4. The first-order valence-corrected chi connectivity index (χ1v) is 4.84. The SMILES string of the molecule is [2H]N(C)C(=O)Oc1cccc2c1OC(C)(C)O2. The fourth-order valence-electron chi connectivity index (χ4n) is 1.43. The topological polar surface area (TPSA) is 56.8 Å². The second-order valence-electron chi connectivity index (χ2n) is 3.78. The van der Waals surface area contributed by atoms with E-state index in [-0.39, 0.29) is 5.75 Å². The van der Waals surface area contributed by atoms with Crippen molar-refractivity contribution in [2.45, 2.75) is 19.6 Å². The summed E-state index contributed by atoms with van der Waals surface area (Å²) in [6, 6.07) is 5.01. The van der Waals surface area contributed by atoms with Gasteiger partial charge in [0.15, 0.2) is 12.9 Å². The van der Waals surface area contributed by atoms with Gasteiger partial charge in [0.1, 0.15) is 0 Å². The van der Waals surface area contributed by atoms with Gasteiger partial charge < -0.3 is 19.5 Å². The van der Waals surface area contributed by atoms with Crippen molar-refractivity contribution < 1.29 is 20.4 Å². The molecule has 0 saturated carbocycles. The fraction of sp³-hybridized carbons (Fsp3) is 0.364. The number of carbonyl (C=O) groups excluding carboxylic acids is 1. The van der Waals surface area contributed by atoms with Crippen LogP contribution in [0, 0.1) is 0 Å². The summed E-state index contributed by atoms with van der Waals surface area (Å²) in [6.07, 6.45) is -0.785. The van der Waals surface area contributed by atoms with Gasteiger partial charge in [0, 0.05) is 20.9 Å². The Morgan fingerprint density at radius 2 is 2.25 bits per heavy atom. The van der Waals surface area contributed by atoms with E-state index < -0.39 is 11.9 Å². The molecule has 1 aliphatic heterocycles. The Kier molecular flexibility index (Phi) is 2.09. The zero-order valence-electron chi connectivity index (χ0n) is 10.3. The second-order valence-corrected chi connectivity index (χ2v) is 3.78. The third-order valence-corrected chi connectivity index (χ3v) is 2.03. The monoisotopic (exact) mass is 224 g/mol. The molecule has 2 rings (SSSR count). The van der Waals surface area contributed by atoms with Gasteiger partial charge in [-0.25, -0.2) is 4.79 Å². The van der Waals surface area contributed by atoms with Gasteiger partial charge in [0.2, 0.25) is 11.5 Å². The van der Waals surface area contributed by atoms with E-state index in [0.29, 0.717) is 16.8 Å². The van der Waals surface area contributed by atoms with Crippen LogP contribution in [0.2, 0.25) is 1.41 Å². The highest BCUT2D eigenvalue weighted by Gasteiger charge is 2.34. The van der Waals surface area contributed by atoms with Gasteiger partial charge in [-0.05, 0) is 12.1 Å². The largest absolute Gasteiger partial charge is 0.449 e. The van der Waals surface area contributed by atoms with E-state index in [0.717, 1.165) is 0 Å². The number of fused-ring (bicyclic) bond motifs is 1. The smallest absolute Gasteiger partial charge is 0.412 e. The molecule has 0 fully saturated rings. The van der Waals surface area contributed by atoms with Crippen LogP contribution in [0.5, 0.6) is 17.2 Å². The molecule has 5 nitrogen and oxygen atoms in total. The molecule has 1 aromatic rings. The van der Waals surface area contributed by atoms with Gasteiger partial charge in [-0.1, -0.05) is 6.07 Å². The van der Waals surface area contributed by atoms with Crippen molar-refractivity contribution in [1.29, 1.82) is 0 Å². The van der Waals surface area contributed by atoms with E-state index in [1.807, 2.05) is 0 Å². The van der Waals surface area contributed by atoms with Crippen LogP contribution >= 0.6 is 0 Å². The molecule has 1 aromatic carbocycles. The molecule has 16 heavy (non-hydrogen) atoms. The van der Waals surface area contributed by atoms with E-state index in [4.69, 9.17) is 15.6 Å². The quantitative estimate of drug-likeness (QED) is 0.791. The number of hydrogen-bond acceptors (Lipinski definition) is 4. The Labute approximate surface area is 94.8 Å². The highest BCUT2D eigenvalue weighted by molar-refractivity contribution is 5.72. The van der Waals surface area contributed by atoms with Crippen LogP contribution < -0.4 is 19.5 Å². The summed E-state index contributed by atoms with van der Waals surface area (Å²) in [5.74, 6) is 0.371. The first kappa shape index (κ1) is 9.33. The number of amides is 1. The van der Waals surface area contributed by atoms with E-state index in [2.05, 4.69) is 0 Å². The lowest BCUT2D eigenvalue weighted by atomic mass is 10.3. The van der Waals surface area contributed by atoms with Gasteiger partial charge in [-0.15, -0.1) is 0 Å². The second kappa shape index (κ2) is 3.59. The molecule has 5 heteroatoms. The van der Waals surface area contributed by atoms with E-state index in [1.165, 1.54) is 7.05 Å². The molecule has 0 unspecified atom stereocenters. The maximum atomic E-state index is 11.3. The molecule has 0 aliphatic carbocycles. The molecule has 0 bridgehead atoms. The third-order valence-electron chi connectivity index (χ3n) is 2.03. The van der Waals surface area contributed by atoms with Gasteiger partial charge >= 0.3 is 6.09 Å². The van der Waals surface area contributed by atoms with Gasteiger partial charge in [-0.3, -0.25) is 0 Å². The van der Waals surface area contributed by atoms with Crippen molar-refractivity contribution in [3.63, 3.8) is 0 Å². The van der Waals surface area contributed by atoms with Gasteiger partial charge in [-0.2, -0.15) is 0 Å². The Morgan fingerprint density at radius 1 is 1.50 bits per heavy atom. The van der Waals surface area contributed by atoms with E-state index >= 15 is 0 Å². The van der Waals surface area contributed by atoms with E-state index in [9.17, 15) is 4.79 Å². The zero-order valence-corrected chi connectivity index (χ0v) is 9.31. The number of rotatable bonds is 1. The summed E-state index contributed by atoms with van der Waals surface area (Å²) in [4.78, 5) is 11.3. The number of ether oxygens (including phenoxy) is 3. The minimum absolute atomic E-state index is 0.247. The van der Waals surface area contributed by atoms with Crippen molar-refractivity contribution in [2.24, 2.45) is 0 Å². The summed E-state index contributed by atoms with van der Waals surface area (Å²) in [5, 5.41) is 0.598. The molecule has 86 valence electrons. The summed E-state index contributed by atoms with van der Waals surface area (Å²) < 4.78 is 23.1. The van der Waals surface area contributed by atoms with Crippen molar-refractivity contribution in [3.8, 4) is 17.2 Å². The Morgan fingerprint density at radius 3 is 2.94 bits per heavy atom. The van der Waals surface area contributed by atoms with Crippen molar-refractivity contribution >= 4 is 6.09 Å². The maximum absolute atomic E-state index is 11.3. The first-order chi connectivity index (χ1) is 7.89. The van der Waals surface area contributed by atoms with Crippen molar-refractivity contribution in [2.75, 3.05) is 7.05 Å². The lowest BCUT2D eigenvalue weighted by Crippen LogP contribution is -2.30. The summed E-state index contributed by atoms with van der Waals surface area (Å²) in [7, 11) is 1.28. The predicted molar refractivity (Wildman–Crippen MR) is 56.9 cm³/mol. The molecular weight excluding hydrogens is 210 g/mol. The highest BCUT2D eigenvalue weighted by atomic mass is 16.7. The molecule has 1 heterocycles. The molecule has 1 N–H and O–H groups in total. The van der Waals surface area contributed by atoms with Crippen LogP contribution in [0.3, 0.4) is 0 Å². The number of benzene rings is 1. The number of hydrogen-bond donors (Lipinski definition) is 1. The molecule has 0 atom stereocenters. The average Bonchev–Trinajstić information content (AvgIpc) is 2.53. The van der Waals surface area contributed by atoms with E-state index in [1.54, 1.807) is 32.0 Å². The van der Waals surface area contributed by atoms with Gasteiger partial charge in [0.25, 0.3) is 0 Å². The number of nitrogens with one attached hydrogen (secondary N) is 1. The Hall–Kier alpha value is -1.91. The molecule has 0 aromatic heterocycles. The van der Waals surface area contributed by atoms with Crippen LogP contribution in [0.25, 0.3) is 0 Å². The lowest BCUT2D eigenvalue weighted by Gasteiger charge is -2.16. The molecule has 0 radical (unpaired) electrons. The highest BCUT2D eigenvalue weighted by Crippen LogP contribution is 2.45. The standard InChI is InChI=1S/C11H13NO4/c1-11(2)15-8-6-4-5-7(9(8)16-11)14-10(13)12-3/h4-6H,1-3H3,(H,12,13)/i/hD. The molecule has 1 aliphatic rings. The summed E-state index contributed by atoms with van der Waals surface area (Å²) >= 11 is 0. The van der Waals surface area contributed by atoms with Crippen LogP contribution in [-0.4, -0.2) is 18.9 Å². The normalized spacial score (nSPS) is 16.6. The third kappa shape index (κ3) is 1.88. The minimum atomic E-state index is -0.785. The molecule has 0 saturated heterocycles. The van der Waals surface area contributed by atoms with Crippen LogP contribution in [0.15, 0.2) is 18.2 Å². The van der Waals surface area contributed by atoms with Crippen LogP contribution in [-0.2, 0) is 0 Å². The molecule has 0 spiro atoms. The fourth-order valence-corrected chi connectivity index (χ4v) is 1.43. The van der Waals surface area contributed by atoms with Crippen LogP contribution in [0.4, 0.5) is 4.79 Å². The lowest BCUT2D eigenvalue weighted by molar-refractivity contribution is -0.0438. The van der Waals surface area contributed by atoms with Crippen molar-refractivity contribution in [1.82, 2.24) is 5.31 Å². The Balaban J connectivity index is 2.27. The minimum Gasteiger partial charge on any atom is -0.449 e. The summed E-state index contributed by atoms with van der Waals surface area (Å²) in [5.41, 5.74) is 0. The number of para-hydroxylation sites is 1. The summed E-state index contributed by atoms with van der Waals surface area (Å²) in [6.45, 7) is 3.52. The maximum Gasteiger partial charge on any atom is 0.412 e. The predicted octanol–water partition coefficient (Wildman–Crippen LogP) is 1.91. The number of carbonyl (C=O) groups is 1. The Bertz CT molecular complexity index is 459.